The van der Waals surface area contributed by atoms with Gasteiger partial charge in [-0.25, -0.2) is 0 Å². The van der Waals surface area contributed by atoms with E-state index in [0.717, 1.165) is 38.5 Å². The van der Waals surface area contributed by atoms with Crippen LogP contribution in [0.2, 0.25) is 0 Å². The van der Waals surface area contributed by atoms with Crippen LogP contribution < -0.4 is 0 Å². The lowest BCUT2D eigenvalue weighted by molar-refractivity contribution is -0.114. The second-order valence-electron chi connectivity index (χ2n) is 10.9. The van der Waals surface area contributed by atoms with Gasteiger partial charge >= 0.3 is 0 Å². The number of hydrogen-bond donors (Lipinski definition) is 0. The molecule has 0 bridgehead atoms. The Labute approximate surface area is 206 Å². The summed E-state index contributed by atoms with van der Waals surface area (Å²) in [5, 5.41) is 10.6. The van der Waals surface area contributed by atoms with E-state index >= 15 is 0 Å². The average Bonchev–Trinajstić information content (AvgIpc) is 3.18. The number of benzene rings is 2. The van der Waals surface area contributed by atoms with Crippen LogP contribution in [0.4, 0.5) is 5.69 Å². The van der Waals surface area contributed by atoms with Gasteiger partial charge in [-0.1, -0.05) is 77.9 Å². The van der Waals surface area contributed by atoms with E-state index in [2.05, 4.69) is 77.0 Å². The molecular formula is C30H32N2OS. The number of allylic oxidation sites excluding steroid dienone is 5. The first-order valence-electron chi connectivity index (χ1n) is 11.6. The molecule has 0 saturated carbocycles. The summed E-state index contributed by atoms with van der Waals surface area (Å²) in [6.07, 6.45) is 4.04. The number of carbonyl (C=O) groups excluding carboxylic acids is 1. The minimum Gasteiger partial charge on any atom is -0.289 e. The van der Waals surface area contributed by atoms with Gasteiger partial charge in [0, 0.05) is 21.4 Å². The molecule has 0 unspecified atom stereocenters. The molecule has 0 radical (unpaired) electrons. The fourth-order valence-corrected chi connectivity index (χ4v) is 5.08. The molecule has 2 aromatic carbocycles. The molecule has 34 heavy (non-hydrogen) atoms. The van der Waals surface area contributed by atoms with Gasteiger partial charge in [0.05, 0.1) is 10.6 Å². The Morgan fingerprint density at radius 2 is 1.41 bits per heavy atom. The van der Waals surface area contributed by atoms with Crippen molar-refractivity contribution in [2.45, 2.75) is 48.5 Å². The Morgan fingerprint density at radius 3 is 2.00 bits per heavy atom. The number of azo groups is 1. The largest absolute Gasteiger partial charge is 0.289 e. The van der Waals surface area contributed by atoms with Gasteiger partial charge in [0.2, 0.25) is 0 Å². The van der Waals surface area contributed by atoms with E-state index in [1.807, 2.05) is 43.3 Å². The predicted molar refractivity (Wildman–Crippen MR) is 145 cm³/mol. The van der Waals surface area contributed by atoms with E-state index in [9.17, 15) is 4.79 Å². The number of carbonyl (C=O) groups is 1. The van der Waals surface area contributed by atoms with Crippen molar-refractivity contribution in [1.29, 1.82) is 0 Å². The minimum atomic E-state index is -0.286. The SMILES string of the molecule is Cc1ccccc1N=NC(=C1C=C(C(C)(C)C)C(=O)C(C(C)(C)C)=C1)c1cc2ccccc2s1. The first kappa shape index (κ1) is 24.0. The van der Waals surface area contributed by atoms with Crippen LogP contribution in [0, 0.1) is 17.8 Å². The molecule has 0 aliphatic heterocycles. The smallest absolute Gasteiger partial charge is 0.186 e. The standard InChI is InChI=1S/C30H32N2OS/c1-19-12-8-10-14-24(19)31-32-27(26-18-20-13-9-11-15-25(20)34-26)21-16-22(29(2,3)4)28(33)23(17-21)30(5,6)7/h8-18H,1-7H3. The van der Waals surface area contributed by atoms with Gasteiger partial charge in [0.15, 0.2) is 5.78 Å². The molecule has 174 valence electrons. The second-order valence-corrected chi connectivity index (χ2v) is 12.0. The van der Waals surface area contributed by atoms with Crippen molar-refractivity contribution in [3.05, 3.63) is 93.9 Å². The highest BCUT2D eigenvalue weighted by molar-refractivity contribution is 7.20. The zero-order valence-corrected chi connectivity index (χ0v) is 21.9. The van der Waals surface area contributed by atoms with E-state index in [0.29, 0.717) is 0 Å². The van der Waals surface area contributed by atoms with Crippen LogP contribution >= 0.6 is 11.3 Å². The van der Waals surface area contributed by atoms with E-state index in [1.54, 1.807) is 11.3 Å². The molecule has 1 aliphatic rings. The molecule has 4 rings (SSSR count). The number of nitrogens with zero attached hydrogens (tertiary/aromatic N) is 2. The Hall–Kier alpha value is -3.11. The molecule has 1 aliphatic carbocycles. The minimum absolute atomic E-state index is 0.121. The molecule has 1 heterocycles. The molecule has 4 heteroatoms. The summed E-state index contributed by atoms with van der Waals surface area (Å²) in [6, 6.07) is 18.5. The zero-order chi connectivity index (χ0) is 24.7. The molecule has 0 atom stereocenters. The number of rotatable bonds is 3. The number of ketones is 1. The summed E-state index contributed by atoms with van der Waals surface area (Å²) in [5.41, 5.74) is 4.67. The molecular weight excluding hydrogens is 436 g/mol. The second kappa shape index (κ2) is 8.92. The lowest BCUT2D eigenvalue weighted by Gasteiger charge is -2.31. The van der Waals surface area contributed by atoms with Crippen molar-refractivity contribution in [3.63, 3.8) is 0 Å². The monoisotopic (exact) mass is 468 g/mol. The van der Waals surface area contributed by atoms with Gasteiger partial charge in [-0.05, 0) is 59.1 Å². The van der Waals surface area contributed by atoms with Crippen LogP contribution in [0.25, 0.3) is 15.8 Å². The van der Waals surface area contributed by atoms with Gasteiger partial charge in [-0.15, -0.1) is 16.5 Å². The number of Topliss-reactive ketones (excluding diaryl/α,β-unsaturated/α-hetero) is 1. The van der Waals surface area contributed by atoms with Crippen LogP contribution in [0.3, 0.4) is 0 Å². The van der Waals surface area contributed by atoms with Crippen LogP contribution in [0.1, 0.15) is 52.0 Å². The number of aryl methyl sites for hydroxylation is 1. The highest BCUT2D eigenvalue weighted by atomic mass is 32.1. The van der Waals surface area contributed by atoms with Gasteiger partial charge in [0.1, 0.15) is 5.70 Å². The number of hydrogen-bond acceptors (Lipinski definition) is 4. The first-order valence-corrected chi connectivity index (χ1v) is 12.5. The van der Waals surface area contributed by atoms with Gasteiger partial charge in [0.25, 0.3) is 0 Å². The quantitative estimate of drug-likeness (QED) is 0.353. The fourth-order valence-electron chi connectivity index (χ4n) is 4.01. The Kier molecular flexibility index (Phi) is 6.30. The average molecular weight is 469 g/mol. The van der Waals surface area contributed by atoms with Crippen molar-refractivity contribution in [1.82, 2.24) is 0 Å². The first-order chi connectivity index (χ1) is 15.9. The maximum absolute atomic E-state index is 13.5. The van der Waals surface area contributed by atoms with E-state index in [1.165, 1.54) is 10.1 Å². The van der Waals surface area contributed by atoms with Crippen LogP contribution in [0.15, 0.2) is 93.7 Å². The lowest BCUT2D eigenvalue weighted by atomic mass is 9.71. The molecule has 0 N–H and O–H groups in total. The van der Waals surface area contributed by atoms with Crippen molar-refractivity contribution in [3.8, 4) is 0 Å². The van der Waals surface area contributed by atoms with Gasteiger partial charge in [-0.3, -0.25) is 4.79 Å². The van der Waals surface area contributed by atoms with Crippen molar-refractivity contribution < 1.29 is 4.79 Å². The van der Waals surface area contributed by atoms with Crippen molar-refractivity contribution >= 4 is 38.6 Å². The maximum atomic E-state index is 13.5. The summed E-state index contributed by atoms with van der Waals surface area (Å²) in [4.78, 5) is 14.5. The van der Waals surface area contributed by atoms with Gasteiger partial charge in [-0.2, -0.15) is 5.11 Å². The molecule has 0 saturated heterocycles. The molecule has 3 aromatic rings. The Balaban J connectivity index is 2.01. The molecule has 0 fully saturated rings. The highest BCUT2D eigenvalue weighted by Gasteiger charge is 2.34. The Morgan fingerprint density at radius 1 is 0.824 bits per heavy atom. The Bertz CT molecular complexity index is 1320. The number of thiophene rings is 1. The third-order valence-electron chi connectivity index (χ3n) is 6.01. The summed E-state index contributed by atoms with van der Waals surface area (Å²) < 4.78 is 1.20. The summed E-state index contributed by atoms with van der Waals surface area (Å²) in [7, 11) is 0. The van der Waals surface area contributed by atoms with Crippen molar-refractivity contribution in [2.24, 2.45) is 21.1 Å². The highest BCUT2D eigenvalue weighted by Crippen LogP contribution is 2.42. The molecule has 3 nitrogen and oxygen atoms in total. The van der Waals surface area contributed by atoms with Crippen molar-refractivity contribution in [2.75, 3.05) is 0 Å². The number of fused-ring (bicyclic) bond motifs is 1. The molecule has 1 aromatic heterocycles. The normalized spacial score (nSPS) is 15.1. The van der Waals surface area contributed by atoms with Crippen LogP contribution in [0.5, 0.6) is 0 Å². The van der Waals surface area contributed by atoms with Crippen LogP contribution in [-0.4, -0.2) is 5.78 Å². The summed E-state index contributed by atoms with van der Waals surface area (Å²) in [5.74, 6) is 0.121. The van der Waals surface area contributed by atoms with E-state index in [-0.39, 0.29) is 16.6 Å². The topological polar surface area (TPSA) is 41.8 Å². The predicted octanol–water partition coefficient (Wildman–Crippen LogP) is 9.23. The van der Waals surface area contributed by atoms with Crippen LogP contribution in [-0.2, 0) is 4.79 Å². The van der Waals surface area contributed by atoms with Gasteiger partial charge < -0.3 is 0 Å². The lowest BCUT2D eigenvalue weighted by Crippen LogP contribution is -2.28. The van der Waals surface area contributed by atoms with E-state index < -0.39 is 0 Å². The molecule has 0 spiro atoms. The van der Waals surface area contributed by atoms with E-state index in [4.69, 9.17) is 5.11 Å². The zero-order valence-electron chi connectivity index (χ0n) is 21.1. The third kappa shape index (κ3) is 4.88. The summed E-state index contributed by atoms with van der Waals surface area (Å²) in [6.45, 7) is 14.6. The summed E-state index contributed by atoms with van der Waals surface area (Å²) >= 11 is 1.70. The fraction of sp³-hybridized carbons (Fsp3) is 0.300. The maximum Gasteiger partial charge on any atom is 0.186 e. The third-order valence-corrected chi connectivity index (χ3v) is 7.13. The molecule has 0 amide bonds.